The van der Waals surface area contributed by atoms with E-state index in [9.17, 15) is 22.9 Å². The molecule has 0 spiro atoms. The highest BCUT2D eigenvalue weighted by Gasteiger charge is 2.39. The number of hydrogen-bond acceptors (Lipinski definition) is 6. The zero-order valence-electron chi connectivity index (χ0n) is 18.1. The number of nitriles is 1. The van der Waals surface area contributed by atoms with Crippen molar-refractivity contribution in [2.24, 2.45) is 5.92 Å². The normalized spacial score (nSPS) is 20.9. The summed E-state index contributed by atoms with van der Waals surface area (Å²) in [6.45, 7) is 2.09. The fraction of sp³-hybridized carbons (Fsp3) is 0.333. The number of sulfone groups is 1. The summed E-state index contributed by atoms with van der Waals surface area (Å²) in [4.78, 5) is 16.2. The molecule has 0 aromatic heterocycles. The van der Waals surface area contributed by atoms with E-state index in [0.29, 0.717) is 18.7 Å². The summed E-state index contributed by atoms with van der Waals surface area (Å²) >= 11 is 1.52. The number of amides is 1. The van der Waals surface area contributed by atoms with Crippen LogP contribution < -0.4 is 5.32 Å². The van der Waals surface area contributed by atoms with Crippen molar-refractivity contribution in [2.45, 2.75) is 29.7 Å². The van der Waals surface area contributed by atoms with E-state index in [0.717, 1.165) is 35.3 Å². The summed E-state index contributed by atoms with van der Waals surface area (Å²) in [6, 6.07) is 15.2. The standard InChI is InChI=1S/C24H24FN3O3S2/c1-33(30,31)19-7-5-16(6-8-19)12-23(29)27-24-21(13-26)20-9-10-28(15-22(20)32-24)14-17-3-2-4-18(25)11-17/h2-8,11,21,24H,9-10,12,14-15H2,1H3,(H,27,29)/t21?,24-/m0/s1. The molecule has 4 rings (SSSR count). The van der Waals surface area contributed by atoms with Crippen LogP contribution in [0.5, 0.6) is 0 Å². The average molecular weight is 486 g/mol. The number of benzene rings is 2. The Morgan fingerprint density at radius 1 is 1.24 bits per heavy atom. The van der Waals surface area contributed by atoms with E-state index in [1.165, 1.54) is 36.0 Å². The minimum Gasteiger partial charge on any atom is -0.342 e. The van der Waals surface area contributed by atoms with Gasteiger partial charge in [-0.3, -0.25) is 9.69 Å². The molecular weight excluding hydrogens is 461 g/mol. The first-order valence-corrected chi connectivity index (χ1v) is 13.3. The molecule has 33 heavy (non-hydrogen) atoms. The molecule has 9 heteroatoms. The minimum absolute atomic E-state index is 0.107. The van der Waals surface area contributed by atoms with Gasteiger partial charge in [0.2, 0.25) is 5.91 Å². The van der Waals surface area contributed by atoms with E-state index >= 15 is 0 Å². The summed E-state index contributed by atoms with van der Waals surface area (Å²) in [5.41, 5.74) is 2.70. The second-order valence-electron chi connectivity index (χ2n) is 8.34. The lowest BCUT2D eigenvalue weighted by Gasteiger charge is -2.28. The largest absolute Gasteiger partial charge is 0.342 e. The van der Waals surface area contributed by atoms with E-state index in [2.05, 4.69) is 16.3 Å². The van der Waals surface area contributed by atoms with E-state index in [-0.39, 0.29) is 34.3 Å². The maximum absolute atomic E-state index is 13.5. The van der Waals surface area contributed by atoms with Gasteiger partial charge in [0.05, 0.1) is 28.7 Å². The Labute approximate surface area is 197 Å². The fourth-order valence-electron chi connectivity index (χ4n) is 4.18. The van der Waals surface area contributed by atoms with Crippen LogP contribution in [0.25, 0.3) is 0 Å². The first kappa shape index (κ1) is 23.5. The molecule has 2 aromatic carbocycles. The molecule has 1 N–H and O–H groups in total. The predicted molar refractivity (Wildman–Crippen MR) is 125 cm³/mol. The molecule has 2 heterocycles. The van der Waals surface area contributed by atoms with Crippen molar-refractivity contribution in [3.8, 4) is 6.07 Å². The molecule has 1 unspecified atom stereocenters. The molecule has 2 aromatic rings. The zero-order chi connectivity index (χ0) is 23.6. The van der Waals surface area contributed by atoms with Crippen LogP contribution in [0, 0.1) is 23.1 Å². The molecule has 6 nitrogen and oxygen atoms in total. The fourth-order valence-corrected chi connectivity index (χ4v) is 6.31. The molecular formula is C24H24FN3O3S2. The number of thioether (sulfide) groups is 1. The molecule has 1 amide bonds. The van der Waals surface area contributed by atoms with Crippen LogP contribution in [-0.2, 0) is 27.6 Å². The lowest BCUT2D eigenvalue weighted by molar-refractivity contribution is -0.120. The van der Waals surface area contributed by atoms with Crippen molar-refractivity contribution < 1.29 is 17.6 Å². The van der Waals surface area contributed by atoms with Crippen LogP contribution in [0.15, 0.2) is 63.9 Å². The summed E-state index contributed by atoms with van der Waals surface area (Å²) in [5.74, 6) is -0.841. The summed E-state index contributed by atoms with van der Waals surface area (Å²) in [7, 11) is -3.28. The number of halogens is 1. The SMILES string of the molecule is CS(=O)(=O)c1ccc(CC(=O)N[C@H]2SC3=C(CCN(Cc4cccc(F)c4)C3)C2C#N)cc1. The van der Waals surface area contributed by atoms with Gasteiger partial charge in [-0.25, -0.2) is 12.8 Å². The van der Waals surface area contributed by atoms with Gasteiger partial charge in [-0.1, -0.05) is 24.3 Å². The van der Waals surface area contributed by atoms with Gasteiger partial charge in [0.1, 0.15) is 5.82 Å². The van der Waals surface area contributed by atoms with Crippen LogP contribution in [0.4, 0.5) is 4.39 Å². The zero-order valence-corrected chi connectivity index (χ0v) is 19.8. The van der Waals surface area contributed by atoms with Crippen molar-refractivity contribution in [1.29, 1.82) is 5.26 Å². The number of carbonyl (C=O) groups is 1. The second kappa shape index (κ2) is 9.67. The van der Waals surface area contributed by atoms with Gasteiger partial charge in [0.25, 0.3) is 0 Å². The third kappa shape index (κ3) is 5.64. The average Bonchev–Trinajstić information content (AvgIpc) is 3.09. The van der Waals surface area contributed by atoms with Gasteiger partial charge in [-0.15, -0.1) is 11.8 Å². The highest BCUT2D eigenvalue weighted by atomic mass is 32.2. The van der Waals surface area contributed by atoms with Crippen molar-refractivity contribution >= 4 is 27.5 Å². The second-order valence-corrected chi connectivity index (χ2v) is 11.6. The Morgan fingerprint density at radius 3 is 2.67 bits per heavy atom. The number of nitrogens with zero attached hydrogens (tertiary/aromatic N) is 2. The summed E-state index contributed by atoms with van der Waals surface area (Å²) < 4.78 is 36.7. The quantitative estimate of drug-likeness (QED) is 0.676. The topological polar surface area (TPSA) is 90.3 Å². The number of rotatable bonds is 6. The minimum atomic E-state index is -3.28. The third-order valence-electron chi connectivity index (χ3n) is 5.82. The summed E-state index contributed by atoms with van der Waals surface area (Å²) in [5, 5.41) is 12.4. The molecule has 172 valence electrons. The van der Waals surface area contributed by atoms with Crippen LogP contribution >= 0.6 is 11.8 Å². The molecule has 0 saturated heterocycles. The lowest BCUT2D eigenvalue weighted by Crippen LogP contribution is -2.37. The molecule has 0 bridgehead atoms. The maximum Gasteiger partial charge on any atom is 0.225 e. The van der Waals surface area contributed by atoms with Gasteiger partial charge < -0.3 is 5.32 Å². The first-order valence-electron chi connectivity index (χ1n) is 10.6. The van der Waals surface area contributed by atoms with Gasteiger partial charge in [0.15, 0.2) is 9.84 Å². The van der Waals surface area contributed by atoms with Crippen LogP contribution in [0.2, 0.25) is 0 Å². The Hall–Kier alpha value is -2.67. The van der Waals surface area contributed by atoms with Gasteiger partial charge in [-0.2, -0.15) is 5.26 Å². The number of hydrogen-bond donors (Lipinski definition) is 1. The predicted octanol–water partition coefficient (Wildman–Crippen LogP) is 3.26. The molecule has 2 aliphatic heterocycles. The molecule has 0 aliphatic carbocycles. The summed E-state index contributed by atoms with van der Waals surface area (Å²) in [6.07, 6.45) is 1.99. The Morgan fingerprint density at radius 2 is 2.00 bits per heavy atom. The highest BCUT2D eigenvalue weighted by Crippen LogP contribution is 2.44. The van der Waals surface area contributed by atoms with Crippen LogP contribution in [0.1, 0.15) is 17.5 Å². The Bertz CT molecular complexity index is 1240. The molecule has 0 saturated carbocycles. The number of carbonyl (C=O) groups excluding carboxylic acids is 1. The van der Waals surface area contributed by atoms with Gasteiger partial charge in [-0.05, 0) is 47.4 Å². The molecule has 0 fully saturated rings. The van der Waals surface area contributed by atoms with Crippen LogP contribution in [-0.4, -0.2) is 43.9 Å². The van der Waals surface area contributed by atoms with Gasteiger partial charge >= 0.3 is 0 Å². The van der Waals surface area contributed by atoms with Crippen molar-refractivity contribution in [1.82, 2.24) is 10.2 Å². The third-order valence-corrected chi connectivity index (χ3v) is 8.27. The Balaban J connectivity index is 1.36. The van der Waals surface area contributed by atoms with Crippen molar-refractivity contribution in [2.75, 3.05) is 19.3 Å². The van der Waals surface area contributed by atoms with Crippen molar-refractivity contribution in [3.05, 3.63) is 76.0 Å². The Kier molecular flexibility index (Phi) is 6.88. The lowest BCUT2D eigenvalue weighted by atomic mass is 9.94. The van der Waals surface area contributed by atoms with Gasteiger partial charge in [0, 0.05) is 30.8 Å². The number of nitrogens with one attached hydrogen (secondary N) is 1. The van der Waals surface area contributed by atoms with Crippen molar-refractivity contribution in [3.63, 3.8) is 0 Å². The first-order chi connectivity index (χ1) is 15.7. The molecule has 0 radical (unpaired) electrons. The molecule has 2 atom stereocenters. The van der Waals surface area contributed by atoms with E-state index in [1.54, 1.807) is 18.2 Å². The maximum atomic E-state index is 13.5. The highest BCUT2D eigenvalue weighted by molar-refractivity contribution is 8.04. The van der Waals surface area contributed by atoms with E-state index < -0.39 is 9.84 Å². The molecule has 2 aliphatic rings. The monoisotopic (exact) mass is 485 g/mol. The van der Waals surface area contributed by atoms with E-state index in [1.807, 2.05) is 6.07 Å². The van der Waals surface area contributed by atoms with Crippen LogP contribution in [0.3, 0.4) is 0 Å². The smallest absolute Gasteiger partial charge is 0.225 e. The van der Waals surface area contributed by atoms with E-state index in [4.69, 9.17) is 0 Å².